The van der Waals surface area contributed by atoms with Crippen LogP contribution < -0.4 is 9.47 Å². The maximum absolute atomic E-state index is 12.8. The van der Waals surface area contributed by atoms with E-state index in [-0.39, 0.29) is 18.3 Å². The summed E-state index contributed by atoms with van der Waals surface area (Å²) in [6, 6.07) is 36.7. The van der Waals surface area contributed by atoms with Crippen LogP contribution in [0, 0.1) is 11.3 Å². The van der Waals surface area contributed by atoms with Crippen molar-refractivity contribution >= 4 is 17.6 Å². The van der Waals surface area contributed by atoms with Crippen molar-refractivity contribution in [1.82, 2.24) is 0 Å². The summed E-state index contributed by atoms with van der Waals surface area (Å²) in [6.07, 6.45) is 2.01. The zero-order valence-electron chi connectivity index (χ0n) is 19.4. The lowest BCUT2D eigenvalue weighted by molar-refractivity contribution is -0.134. The molecule has 0 spiro atoms. The highest BCUT2D eigenvalue weighted by Crippen LogP contribution is 2.30. The number of nitriles is 1. The van der Waals surface area contributed by atoms with E-state index in [4.69, 9.17) is 9.47 Å². The molecule has 0 radical (unpaired) electrons. The van der Waals surface area contributed by atoms with E-state index >= 15 is 0 Å². The van der Waals surface area contributed by atoms with Gasteiger partial charge in [0.25, 0.3) is 0 Å². The van der Waals surface area contributed by atoms with Gasteiger partial charge in [0, 0.05) is 11.5 Å². The number of carbonyl (C=O) groups excluding carboxylic acids is 1. The number of rotatable bonds is 8. The maximum Gasteiger partial charge on any atom is 0.312 e. The summed E-state index contributed by atoms with van der Waals surface area (Å²) >= 11 is 0. The number of allylic oxidation sites excluding steroid dienone is 1. The molecule has 0 aliphatic rings. The van der Waals surface area contributed by atoms with Gasteiger partial charge in [-0.2, -0.15) is 5.26 Å². The predicted octanol–water partition coefficient (Wildman–Crippen LogP) is 6.89. The molecule has 0 aromatic heterocycles. The molecule has 0 unspecified atom stereocenters. The largest absolute Gasteiger partial charge is 0.496 e. The van der Waals surface area contributed by atoms with Crippen molar-refractivity contribution in [1.29, 1.82) is 5.26 Å². The smallest absolute Gasteiger partial charge is 0.312 e. The molecule has 4 rings (SSSR count). The summed E-state index contributed by atoms with van der Waals surface area (Å²) in [5.41, 5.74) is 4.16. The Kier molecular flexibility index (Phi) is 7.73. The van der Waals surface area contributed by atoms with Crippen LogP contribution in [0.15, 0.2) is 109 Å². The number of esters is 1. The lowest BCUT2D eigenvalue weighted by Gasteiger charge is -2.17. The van der Waals surface area contributed by atoms with E-state index in [9.17, 15) is 10.1 Å². The standard InChI is InChI=1S/C31H25NO3/c1-34-30-15-9-8-14-28(30)26(22-32)20-23-16-18-27(19-17-23)35-31(33)21-29(24-10-4-2-5-11-24)25-12-6-3-7-13-25/h2-20,29H,21H2,1H3/b26-20-. The summed E-state index contributed by atoms with van der Waals surface area (Å²) in [4.78, 5) is 12.8. The molecular formula is C31H25NO3. The minimum absolute atomic E-state index is 0.0915. The Labute approximate surface area is 205 Å². The third-order valence-electron chi connectivity index (χ3n) is 5.72. The van der Waals surface area contributed by atoms with Gasteiger partial charge in [0.2, 0.25) is 0 Å². The zero-order valence-corrected chi connectivity index (χ0v) is 19.4. The van der Waals surface area contributed by atoms with E-state index in [1.807, 2.05) is 97.1 Å². The minimum atomic E-state index is -0.308. The second-order valence-corrected chi connectivity index (χ2v) is 7.99. The molecule has 4 heteroatoms. The van der Waals surface area contributed by atoms with Gasteiger partial charge >= 0.3 is 5.97 Å². The third kappa shape index (κ3) is 6.04. The molecule has 0 aliphatic carbocycles. The summed E-state index contributed by atoms with van der Waals surface area (Å²) in [7, 11) is 1.58. The Balaban J connectivity index is 1.48. The van der Waals surface area contributed by atoms with E-state index < -0.39 is 0 Å². The number of carbonyl (C=O) groups is 1. The van der Waals surface area contributed by atoms with Crippen LogP contribution in [0.2, 0.25) is 0 Å². The average molecular weight is 460 g/mol. The molecule has 0 aliphatic heterocycles. The van der Waals surface area contributed by atoms with Gasteiger partial charge in [-0.25, -0.2) is 0 Å². The quantitative estimate of drug-likeness (QED) is 0.125. The van der Waals surface area contributed by atoms with Crippen molar-refractivity contribution < 1.29 is 14.3 Å². The molecule has 0 saturated carbocycles. The van der Waals surface area contributed by atoms with Gasteiger partial charge in [0.1, 0.15) is 11.5 Å². The van der Waals surface area contributed by atoms with E-state index in [0.717, 1.165) is 22.3 Å². The fourth-order valence-electron chi connectivity index (χ4n) is 3.97. The van der Waals surface area contributed by atoms with Crippen LogP contribution in [-0.2, 0) is 4.79 Å². The number of ether oxygens (including phenoxy) is 2. The van der Waals surface area contributed by atoms with Crippen molar-refractivity contribution in [3.8, 4) is 17.6 Å². The Morgan fingerprint density at radius 1 is 0.829 bits per heavy atom. The first-order valence-electron chi connectivity index (χ1n) is 11.3. The van der Waals surface area contributed by atoms with Crippen molar-refractivity contribution in [3.05, 3.63) is 131 Å². The van der Waals surface area contributed by atoms with Gasteiger partial charge in [-0.1, -0.05) is 84.9 Å². The number of hydrogen-bond acceptors (Lipinski definition) is 4. The average Bonchev–Trinajstić information content (AvgIpc) is 2.92. The summed E-state index contributed by atoms with van der Waals surface area (Å²) < 4.78 is 11.0. The van der Waals surface area contributed by atoms with Gasteiger partial charge in [-0.15, -0.1) is 0 Å². The minimum Gasteiger partial charge on any atom is -0.496 e. The first-order chi connectivity index (χ1) is 17.2. The normalized spacial score (nSPS) is 11.1. The lowest BCUT2D eigenvalue weighted by Crippen LogP contribution is -2.14. The number of hydrogen-bond donors (Lipinski definition) is 0. The van der Waals surface area contributed by atoms with Crippen molar-refractivity contribution in [2.45, 2.75) is 12.3 Å². The molecule has 0 N–H and O–H groups in total. The second-order valence-electron chi connectivity index (χ2n) is 7.99. The predicted molar refractivity (Wildman–Crippen MR) is 138 cm³/mol. The lowest BCUT2D eigenvalue weighted by atomic mass is 9.88. The van der Waals surface area contributed by atoms with Gasteiger partial charge in [0.15, 0.2) is 0 Å². The Morgan fingerprint density at radius 3 is 1.97 bits per heavy atom. The van der Waals surface area contributed by atoms with E-state index in [1.54, 1.807) is 25.3 Å². The molecule has 0 fully saturated rings. The fourth-order valence-corrected chi connectivity index (χ4v) is 3.97. The van der Waals surface area contributed by atoms with Crippen molar-refractivity contribution in [2.75, 3.05) is 7.11 Å². The summed E-state index contributed by atoms with van der Waals surface area (Å²) in [5.74, 6) is 0.698. The Hall–Kier alpha value is -4.62. The Morgan fingerprint density at radius 2 is 1.40 bits per heavy atom. The molecule has 0 amide bonds. The number of nitrogens with zero attached hydrogens (tertiary/aromatic N) is 1. The molecule has 4 aromatic carbocycles. The molecule has 0 saturated heterocycles. The molecule has 172 valence electrons. The molecule has 4 aromatic rings. The highest BCUT2D eigenvalue weighted by atomic mass is 16.5. The molecule has 0 heterocycles. The molecule has 0 bridgehead atoms. The second kappa shape index (κ2) is 11.5. The number of methoxy groups -OCH3 is 1. The van der Waals surface area contributed by atoms with Gasteiger partial charge in [-0.05, 0) is 47.0 Å². The molecule has 0 atom stereocenters. The molecule has 4 nitrogen and oxygen atoms in total. The van der Waals surface area contributed by atoms with Crippen molar-refractivity contribution in [2.24, 2.45) is 0 Å². The van der Waals surface area contributed by atoms with Crippen LogP contribution in [-0.4, -0.2) is 13.1 Å². The summed E-state index contributed by atoms with van der Waals surface area (Å²) in [5, 5.41) is 9.66. The maximum atomic E-state index is 12.8. The first-order valence-corrected chi connectivity index (χ1v) is 11.3. The van der Waals surface area contributed by atoms with Gasteiger partial charge in [0.05, 0.1) is 25.2 Å². The van der Waals surface area contributed by atoms with Crippen LogP contribution in [0.4, 0.5) is 0 Å². The Bertz CT molecular complexity index is 1300. The summed E-state index contributed by atoms with van der Waals surface area (Å²) in [6.45, 7) is 0. The topological polar surface area (TPSA) is 59.3 Å². The zero-order chi connectivity index (χ0) is 24.5. The first kappa shape index (κ1) is 23.5. The van der Waals surface area contributed by atoms with Crippen molar-refractivity contribution in [3.63, 3.8) is 0 Å². The van der Waals surface area contributed by atoms with E-state index in [1.165, 1.54) is 0 Å². The monoisotopic (exact) mass is 459 g/mol. The molecular weight excluding hydrogens is 434 g/mol. The highest BCUT2D eigenvalue weighted by Gasteiger charge is 2.19. The van der Waals surface area contributed by atoms with Crippen LogP contribution in [0.25, 0.3) is 11.6 Å². The fraction of sp³-hybridized carbons (Fsp3) is 0.0968. The molecule has 35 heavy (non-hydrogen) atoms. The van der Waals surface area contributed by atoms with E-state index in [2.05, 4.69) is 6.07 Å². The third-order valence-corrected chi connectivity index (χ3v) is 5.72. The van der Waals surface area contributed by atoms with Crippen LogP contribution in [0.3, 0.4) is 0 Å². The van der Waals surface area contributed by atoms with Gasteiger partial charge in [-0.3, -0.25) is 4.79 Å². The van der Waals surface area contributed by atoms with Crippen LogP contribution >= 0.6 is 0 Å². The van der Waals surface area contributed by atoms with E-state index in [0.29, 0.717) is 17.1 Å². The van der Waals surface area contributed by atoms with Crippen LogP contribution in [0.5, 0.6) is 11.5 Å². The van der Waals surface area contributed by atoms with Gasteiger partial charge < -0.3 is 9.47 Å². The SMILES string of the molecule is COc1ccccc1/C(C#N)=C\c1ccc(OC(=O)CC(c2ccccc2)c2ccccc2)cc1. The highest BCUT2D eigenvalue weighted by molar-refractivity contribution is 5.91. The number of para-hydroxylation sites is 1. The number of benzene rings is 4. The van der Waals surface area contributed by atoms with Crippen LogP contribution in [0.1, 0.15) is 34.6 Å².